The second-order valence-corrected chi connectivity index (χ2v) is 6.99. The van der Waals surface area contributed by atoms with Crippen molar-refractivity contribution in [2.24, 2.45) is 5.92 Å². The summed E-state index contributed by atoms with van der Waals surface area (Å²) in [5, 5.41) is 12.3. The number of para-hydroxylation sites is 1. The van der Waals surface area contributed by atoms with Gasteiger partial charge in [0.1, 0.15) is 5.54 Å². The molecule has 0 radical (unpaired) electrons. The van der Waals surface area contributed by atoms with Crippen LogP contribution in [-0.2, 0) is 4.79 Å². The average molecular weight is 328 g/mol. The van der Waals surface area contributed by atoms with Crippen molar-refractivity contribution < 1.29 is 4.79 Å². The number of amides is 1. The maximum atomic E-state index is 12.6. The molecule has 0 spiro atoms. The maximum absolute atomic E-state index is 12.6. The molecule has 5 nitrogen and oxygen atoms in total. The number of nitriles is 1. The SMILES string of the molecule is CC(C(=O)NC(C)(C#N)C(C)C)N1CCN(c2ccccc2)CC1. The number of nitrogens with one attached hydrogen (secondary N) is 1. The number of carbonyl (C=O) groups excluding carboxylic acids is 1. The number of rotatable bonds is 5. The summed E-state index contributed by atoms with van der Waals surface area (Å²) in [6, 6.07) is 12.4. The summed E-state index contributed by atoms with van der Waals surface area (Å²) in [6.45, 7) is 11.1. The van der Waals surface area contributed by atoms with Crippen LogP contribution in [0.15, 0.2) is 30.3 Å². The fourth-order valence-corrected chi connectivity index (χ4v) is 2.83. The quantitative estimate of drug-likeness (QED) is 0.901. The first-order valence-electron chi connectivity index (χ1n) is 8.64. The van der Waals surface area contributed by atoms with Crippen molar-refractivity contribution in [2.45, 2.75) is 39.3 Å². The molecule has 5 heteroatoms. The van der Waals surface area contributed by atoms with Crippen molar-refractivity contribution in [1.29, 1.82) is 5.26 Å². The van der Waals surface area contributed by atoms with E-state index in [1.54, 1.807) is 6.92 Å². The standard InChI is InChI=1S/C19H28N4O/c1-15(2)19(4,14-20)21-18(24)16(3)22-10-12-23(13-11-22)17-8-6-5-7-9-17/h5-9,15-16H,10-13H2,1-4H3,(H,21,24). The topological polar surface area (TPSA) is 59.4 Å². The van der Waals surface area contributed by atoms with Crippen LogP contribution in [0.4, 0.5) is 5.69 Å². The molecule has 0 bridgehead atoms. The van der Waals surface area contributed by atoms with Gasteiger partial charge < -0.3 is 10.2 Å². The van der Waals surface area contributed by atoms with E-state index in [1.807, 2.05) is 39.0 Å². The molecule has 24 heavy (non-hydrogen) atoms. The number of benzene rings is 1. The van der Waals surface area contributed by atoms with Gasteiger partial charge in [-0.3, -0.25) is 9.69 Å². The number of nitrogens with zero attached hydrogens (tertiary/aromatic N) is 3. The van der Waals surface area contributed by atoms with Crippen LogP contribution in [0.3, 0.4) is 0 Å². The highest BCUT2D eigenvalue weighted by molar-refractivity contribution is 5.82. The lowest BCUT2D eigenvalue weighted by Crippen LogP contribution is -2.58. The average Bonchev–Trinajstić information content (AvgIpc) is 2.61. The number of hydrogen-bond acceptors (Lipinski definition) is 4. The van der Waals surface area contributed by atoms with Gasteiger partial charge in [0.15, 0.2) is 0 Å². The van der Waals surface area contributed by atoms with Crippen LogP contribution >= 0.6 is 0 Å². The Labute approximate surface area is 145 Å². The smallest absolute Gasteiger partial charge is 0.238 e. The molecule has 1 amide bonds. The largest absolute Gasteiger partial charge is 0.369 e. The maximum Gasteiger partial charge on any atom is 0.238 e. The fourth-order valence-electron chi connectivity index (χ4n) is 2.83. The lowest BCUT2D eigenvalue weighted by Gasteiger charge is -2.39. The van der Waals surface area contributed by atoms with Crippen LogP contribution in [0.25, 0.3) is 0 Å². The Morgan fingerprint density at radius 2 is 1.75 bits per heavy atom. The van der Waals surface area contributed by atoms with Gasteiger partial charge in [-0.25, -0.2) is 0 Å². The molecule has 0 aliphatic carbocycles. The molecule has 2 rings (SSSR count). The number of hydrogen-bond donors (Lipinski definition) is 1. The predicted molar refractivity (Wildman–Crippen MR) is 96.7 cm³/mol. The van der Waals surface area contributed by atoms with Crippen molar-refractivity contribution in [3.05, 3.63) is 30.3 Å². The Morgan fingerprint density at radius 3 is 2.25 bits per heavy atom. The van der Waals surface area contributed by atoms with Gasteiger partial charge in [0.25, 0.3) is 0 Å². The van der Waals surface area contributed by atoms with Crippen molar-refractivity contribution in [3.8, 4) is 6.07 Å². The minimum Gasteiger partial charge on any atom is -0.369 e. The molecule has 1 fully saturated rings. The normalized spacial score (nSPS) is 19.4. The summed E-state index contributed by atoms with van der Waals surface area (Å²) < 4.78 is 0. The third kappa shape index (κ3) is 4.07. The number of carbonyl (C=O) groups is 1. The molecule has 2 unspecified atom stereocenters. The van der Waals surface area contributed by atoms with E-state index in [0.29, 0.717) is 0 Å². The molecule has 0 aromatic heterocycles. The third-order valence-corrected chi connectivity index (χ3v) is 5.13. The Kier molecular flexibility index (Phi) is 5.84. The molecular formula is C19H28N4O. The predicted octanol–water partition coefficient (Wildman–Crippen LogP) is 2.25. The van der Waals surface area contributed by atoms with Crippen molar-refractivity contribution >= 4 is 11.6 Å². The summed E-state index contributed by atoms with van der Waals surface area (Å²) in [5.74, 6) is -0.00510. The zero-order valence-corrected chi connectivity index (χ0v) is 15.1. The highest BCUT2D eigenvalue weighted by atomic mass is 16.2. The van der Waals surface area contributed by atoms with E-state index in [2.05, 4.69) is 33.3 Å². The minimum absolute atomic E-state index is 0.0635. The molecule has 1 heterocycles. The van der Waals surface area contributed by atoms with Crippen LogP contribution in [0.1, 0.15) is 27.7 Å². The Morgan fingerprint density at radius 1 is 1.17 bits per heavy atom. The zero-order valence-electron chi connectivity index (χ0n) is 15.1. The molecule has 1 aliphatic rings. The highest BCUT2D eigenvalue weighted by Crippen LogP contribution is 2.18. The van der Waals surface area contributed by atoms with Crippen LogP contribution in [0.2, 0.25) is 0 Å². The van der Waals surface area contributed by atoms with E-state index in [4.69, 9.17) is 0 Å². The monoisotopic (exact) mass is 328 g/mol. The van der Waals surface area contributed by atoms with E-state index in [-0.39, 0.29) is 17.9 Å². The molecule has 1 aliphatic heterocycles. The van der Waals surface area contributed by atoms with Gasteiger partial charge in [-0.05, 0) is 31.9 Å². The van der Waals surface area contributed by atoms with E-state index in [0.717, 1.165) is 26.2 Å². The second-order valence-electron chi connectivity index (χ2n) is 6.99. The Bertz CT molecular complexity index is 587. The highest BCUT2D eigenvalue weighted by Gasteiger charge is 2.33. The van der Waals surface area contributed by atoms with Crippen LogP contribution in [0.5, 0.6) is 0 Å². The lowest BCUT2D eigenvalue weighted by atomic mass is 9.89. The minimum atomic E-state index is -0.822. The first-order valence-corrected chi connectivity index (χ1v) is 8.64. The molecule has 130 valence electrons. The third-order valence-electron chi connectivity index (χ3n) is 5.13. The summed E-state index contributed by atoms with van der Waals surface area (Å²) >= 11 is 0. The number of piperazine rings is 1. The molecular weight excluding hydrogens is 300 g/mol. The van der Waals surface area contributed by atoms with E-state index < -0.39 is 5.54 Å². The van der Waals surface area contributed by atoms with Crippen molar-refractivity contribution in [1.82, 2.24) is 10.2 Å². The molecule has 2 atom stereocenters. The van der Waals surface area contributed by atoms with Crippen molar-refractivity contribution in [2.75, 3.05) is 31.1 Å². The second kappa shape index (κ2) is 7.67. The molecule has 1 aromatic rings. The van der Waals surface area contributed by atoms with Gasteiger partial charge in [0.2, 0.25) is 5.91 Å². The van der Waals surface area contributed by atoms with E-state index in [9.17, 15) is 10.1 Å². The Balaban J connectivity index is 1.92. The Hall–Kier alpha value is -2.06. The zero-order chi connectivity index (χ0) is 17.7. The lowest BCUT2D eigenvalue weighted by molar-refractivity contribution is -0.127. The fraction of sp³-hybridized carbons (Fsp3) is 0.579. The number of anilines is 1. The van der Waals surface area contributed by atoms with E-state index in [1.165, 1.54) is 5.69 Å². The first kappa shape index (κ1) is 18.3. The van der Waals surface area contributed by atoms with Gasteiger partial charge in [0, 0.05) is 31.9 Å². The summed E-state index contributed by atoms with van der Waals surface area (Å²) in [6.07, 6.45) is 0. The van der Waals surface area contributed by atoms with Gasteiger partial charge in [0.05, 0.1) is 12.1 Å². The van der Waals surface area contributed by atoms with Gasteiger partial charge in [-0.1, -0.05) is 32.0 Å². The molecule has 1 N–H and O–H groups in total. The summed E-state index contributed by atoms with van der Waals surface area (Å²) in [4.78, 5) is 17.1. The summed E-state index contributed by atoms with van der Waals surface area (Å²) in [7, 11) is 0. The van der Waals surface area contributed by atoms with Gasteiger partial charge in [-0.2, -0.15) is 5.26 Å². The first-order chi connectivity index (χ1) is 11.4. The summed E-state index contributed by atoms with van der Waals surface area (Å²) in [5.41, 5.74) is 0.406. The van der Waals surface area contributed by atoms with Gasteiger partial charge >= 0.3 is 0 Å². The molecule has 0 saturated carbocycles. The van der Waals surface area contributed by atoms with E-state index >= 15 is 0 Å². The molecule has 1 aromatic carbocycles. The van der Waals surface area contributed by atoms with Crippen LogP contribution in [-0.4, -0.2) is 48.6 Å². The van der Waals surface area contributed by atoms with Crippen LogP contribution < -0.4 is 10.2 Å². The van der Waals surface area contributed by atoms with Gasteiger partial charge in [-0.15, -0.1) is 0 Å². The van der Waals surface area contributed by atoms with Crippen molar-refractivity contribution in [3.63, 3.8) is 0 Å². The van der Waals surface area contributed by atoms with Crippen LogP contribution in [0, 0.1) is 17.2 Å². The molecule has 1 saturated heterocycles.